The molecule has 182 valence electrons. The molecule has 4 aromatic rings. The fraction of sp³-hybridized carbons (Fsp3) is 0.107. The van der Waals surface area contributed by atoms with Gasteiger partial charge in [-0.15, -0.1) is 0 Å². The van der Waals surface area contributed by atoms with E-state index in [1.54, 1.807) is 66.9 Å². The second kappa shape index (κ2) is 12.3. The van der Waals surface area contributed by atoms with Crippen LogP contribution >= 0.6 is 12.2 Å². The van der Waals surface area contributed by atoms with Gasteiger partial charge in [0.25, 0.3) is 11.8 Å². The van der Waals surface area contributed by atoms with Gasteiger partial charge < -0.3 is 19.8 Å². The number of nitrogens with one attached hydrogen (secondary N) is 3. The van der Waals surface area contributed by atoms with E-state index in [9.17, 15) is 9.59 Å². The average Bonchev–Trinajstić information content (AvgIpc) is 3.42. The second-order valence-corrected chi connectivity index (χ2v) is 8.23. The zero-order valence-electron chi connectivity index (χ0n) is 19.4. The van der Waals surface area contributed by atoms with Gasteiger partial charge in [0.2, 0.25) is 0 Å². The number of anilines is 1. The van der Waals surface area contributed by atoms with Gasteiger partial charge >= 0.3 is 0 Å². The molecule has 0 saturated heterocycles. The van der Waals surface area contributed by atoms with Crippen LogP contribution in [-0.4, -0.2) is 23.5 Å². The molecule has 0 bridgehead atoms. The number of rotatable bonds is 9. The first-order valence-electron chi connectivity index (χ1n) is 11.4. The predicted octanol–water partition coefficient (Wildman–Crippen LogP) is 4.96. The van der Waals surface area contributed by atoms with Crippen molar-refractivity contribution in [2.75, 3.05) is 11.9 Å². The minimum absolute atomic E-state index is 0.0782. The van der Waals surface area contributed by atoms with Crippen LogP contribution in [0, 0.1) is 0 Å². The molecule has 0 aliphatic carbocycles. The number of para-hydroxylation sites is 1. The molecule has 1 heterocycles. The molecule has 0 aliphatic rings. The van der Waals surface area contributed by atoms with Gasteiger partial charge in [0.15, 0.2) is 5.11 Å². The molecular weight excluding hydrogens is 474 g/mol. The van der Waals surface area contributed by atoms with Crippen LogP contribution < -0.4 is 20.7 Å². The highest BCUT2D eigenvalue weighted by molar-refractivity contribution is 7.80. The number of hydrogen-bond donors (Lipinski definition) is 3. The Hall–Kier alpha value is -4.43. The van der Waals surface area contributed by atoms with Crippen molar-refractivity contribution < 1.29 is 18.7 Å². The van der Waals surface area contributed by atoms with Crippen LogP contribution in [0.15, 0.2) is 102 Å². The van der Waals surface area contributed by atoms with Crippen molar-refractivity contribution in [3.63, 3.8) is 0 Å². The van der Waals surface area contributed by atoms with E-state index in [-0.39, 0.29) is 23.5 Å². The molecule has 2 amide bonds. The van der Waals surface area contributed by atoms with Crippen molar-refractivity contribution in [1.82, 2.24) is 10.6 Å². The van der Waals surface area contributed by atoms with E-state index in [4.69, 9.17) is 21.4 Å². The van der Waals surface area contributed by atoms with Gasteiger partial charge in [-0.1, -0.05) is 42.5 Å². The van der Waals surface area contributed by atoms with Crippen LogP contribution in [0.2, 0.25) is 0 Å². The Morgan fingerprint density at radius 1 is 0.833 bits per heavy atom. The summed E-state index contributed by atoms with van der Waals surface area (Å²) in [5.74, 6) is 0.649. The molecule has 0 fully saturated rings. The molecule has 0 atom stereocenters. The van der Waals surface area contributed by atoms with E-state index in [2.05, 4.69) is 28.1 Å². The summed E-state index contributed by atoms with van der Waals surface area (Å²) in [4.78, 5) is 25.3. The van der Waals surface area contributed by atoms with Crippen molar-refractivity contribution in [2.24, 2.45) is 0 Å². The van der Waals surface area contributed by atoms with Crippen molar-refractivity contribution in [3.05, 3.63) is 120 Å². The number of carbonyl (C=O) groups excluding carboxylic acids is 2. The van der Waals surface area contributed by atoms with Crippen LogP contribution in [0.4, 0.5) is 5.69 Å². The lowest BCUT2D eigenvalue weighted by molar-refractivity contribution is 0.0947. The minimum atomic E-state index is -0.372. The average molecular weight is 500 g/mol. The number of furan rings is 1. The maximum atomic E-state index is 12.6. The van der Waals surface area contributed by atoms with E-state index >= 15 is 0 Å². The molecule has 3 N–H and O–H groups in total. The maximum absolute atomic E-state index is 12.6. The highest BCUT2D eigenvalue weighted by Crippen LogP contribution is 2.16. The molecule has 8 heteroatoms. The summed E-state index contributed by atoms with van der Waals surface area (Å²) < 4.78 is 11.0. The number of ether oxygens (including phenoxy) is 1. The maximum Gasteiger partial charge on any atom is 0.257 e. The third kappa shape index (κ3) is 7.04. The van der Waals surface area contributed by atoms with Crippen molar-refractivity contribution in [3.8, 4) is 5.75 Å². The predicted molar refractivity (Wildman–Crippen MR) is 142 cm³/mol. The first-order valence-corrected chi connectivity index (χ1v) is 11.8. The van der Waals surface area contributed by atoms with E-state index < -0.39 is 0 Å². The number of hydrogen-bond acceptors (Lipinski definition) is 5. The van der Waals surface area contributed by atoms with Crippen molar-refractivity contribution in [1.29, 1.82) is 0 Å². The van der Waals surface area contributed by atoms with Gasteiger partial charge in [-0.05, 0) is 66.3 Å². The Morgan fingerprint density at radius 2 is 1.58 bits per heavy atom. The normalized spacial score (nSPS) is 10.3. The quantitative estimate of drug-likeness (QED) is 0.282. The van der Waals surface area contributed by atoms with E-state index in [1.807, 2.05) is 18.2 Å². The lowest BCUT2D eigenvalue weighted by Crippen LogP contribution is -2.35. The molecular formula is C28H25N3O4S. The Morgan fingerprint density at radius 3 is 2.33 bits per heavy atom. The molecule has 0 saturated carbocycles. The molecule has 1 aromatic heterocycles. The smallest absolute Gasteiger partial charge is 0.257 e. The summed E-state index contributed by atoms with van der Waals surface area (Å²) in [6, 6.07) is 27.3. The molecule has 4 rings (SSSR count). The van der Waals surface area contributed by atoms with Crippen LogP contribution in [0.1, 0.15) is 32.0 Å². The third-order valence-corrected chi connectivity index (χ3v) is 5.47. The number of amides is 2. The largest absolute Gasteiger partial charge is 0.493 e. The summed E-state index contributed by atoms with van der Waals surface area (Å²) in [5, 5.41) is 8.45. The summed E-state index contributed by atoms with van der Waals surface area (Å²) in [5.41, 5.74) is 2.49. The van der Waals surface area contributed by atoms with Gasteiger partial charge in [-0.3, -0.25) is 14.9 Å². The van der Waals surface area contributed by atoms with Gasteiger partial charge in [0.1, 0.15) is 11.5 Å². The Labute approximate surface area is 214 Å². The summed E-state index contributed by atoms with van der Waals surface area (Å²) in [6.45, 7) is 0.797. The third-order valence-electron chi connectivity index (χ3n) is 5.27. The molecule has 0 unspecified atom stereocenters. The summed E-state index contributed by atoms with van der Waals surface area (Å²) in [7, 11) is 0. The van der Waals surface area contributed by atoms with Crippen LogP contribution in [0.25, 0.3) is 0 Å². The first-order chi connectivity index (χ1) is 17.6. The molecule has 0 aliphatic heterocycles. The lowest BCUT2D eigenvalue weighted by Gasteiger charge is -2.13. The number of carbonyl (C=O) groups is 2. The van der Waals surface area contributed by atoms with Crippen LogP contribution in [0.5, 0.6) is 5.75 Å². The monoisotopic (exact) mass is 499 g/mol. The molecule has 0 spiro atoms. The topological polar surface area (TPSA) is 92.6 Å². The van der Waals surface area contributed by atoms with Gasteiger partial charge in [0, 0.05) is 12.0 Å². The van der Waals surface area contributed by atoms with Crippen LogP contribution in [-0.2, 0) is 13.0 Å². The van der Waals surface area contributed by atoms with Crippen molar-refractivity contribution >= 4 is 34.8 Å². The minimum Gasteiger partial charge on any atom is -0.493 e. The Balaban J connectivity index is 1.28. The Kier molecular flexibility index (Phi) is 8.45. The molecule has 7 nitrogen and oxygen atoms in total. The fourth-order valence-corrected chi connectivity index (χ4v) is 3.63. The van der Waals surface area contributed by atoms with E-state index in [0.29, 0.717) is 34.9 Å². The van der Waals surface area contributed by atoms with Crippen LogP contribution in [0.3, 0.4) is 0 Å². The van der Waals surface area contributed by atoms with E-state index in [1.165, 1.54) is 5.56 Å². The van der Waals surface area contributed by atoms with Gasteiger partial charge in [-0.2, -0.15) is 0 Å². The summed E-state index contributed by atoms with van der Waals surface area (Å²) in [6.07, 6.45) is 2.34. The zero-order chi connectivity index (χ0) is 25.2. The zero-order valence-corrected chi connectivity index (χ0v) is 20.2. The second-order valence-electron chi connectivity index (χ2n) is 7.82. The number of thiocarbonyl (C=S) groups is 1. The van der Waals surface area contributed by atoms with Gasteiger partial charge in [0.05, 0.1) is 30.7 Å². The first kappa shape index (κ1) is 24.7. The molecule has 3 aromatic carbocycles. The number of benzene rings is 3. The fourth-order valence-electron chi connectivity index (χ4n) is 3.43. The molecule has 36 heavy (non-hydrogen) atoms. The van der Waals surface area contributed by atoms with Gasteiger partial charge in [-0.25, -0.2) is 0 Å². The summed E-state index contributed by atoms with van der Waals surface area (Å²) >= 11 is 5.30. The standard InChI is InChI=1S/C28H25N3O4S/c32-26(21-12-14-22(15-13-21)35-18-16-20-7-2-1-3-8-20)31-28(36)30-25-11-5-4-10-24(25)27(33)29-19-23-9-6-17-34-23/h1-15,17H,16,18-19H2,(H,29,33)(H2,30,31,32,36). The lowest BCUT2D eigenvalue weighted by atomic mass is 10.1. The van der Waals surface area contributed by atoms with Crippen molar-refractivity contribution in [2.45, 2.75) is 13.0 Å². The highest BCUT2D eigenvalue weighted by Gasteiger charge is 2.14. The van der Waals surface area contributed by atoms with E-state index in [0.717, 1.165) is 6.42 Å². The Bertz CT molecular complexity index is 1310. The SMILES string of the molecule is O=C(NC(=S)Nc1ccccc1C(=O)NCc1ccco1)c1ccc(OCCc2ccccc2)cc1. The highest BCUT2D eigenvalue weighted by atomic mass is 32.1. The molecule has 0 radical (unpaired) electrons.